The summed E-state index contributed by atoms with van der Waals surface area (Å²) >= 11 is 6.10. The predicted octanol–water partition coefficient (Wildman–Crippen LogP) is 3.74. The highest BCUT2D eigenvalue weighted by Crippen LogP contribution is 2.28. The zero-order valence-corrected chi connectivity index (χ0v) is 15.7. The second-order valence-electron chi connectivity index (χ2n) is 7.07. The van der Waals surface area contributed by atoms with E-state index in [1.165, 1.54) is 4.90 Å². The van der Waals surface area contributed by atoms with Gasteiger partial charge in [-0.15, -0.1) is 0 Å². The number of carboxylic acids is 1. The molecule has 0 unspecified atom stereocenters. The van der Waals surface area contributed by atoms with Crippen LogP contribution in [0, 0.1) is 0 Å². The number of carboxylic acid groups (broad SMARTS) is 1. The van der Waals surface area contributed by atoms with Gasteiger partial charge in [0.2, 0.25) is 0 Å². The molecule has 25 heavy (non-hydrogen) atoms. The van der Waals surface area contributed by atoms with E-state index in [0.717, 1.165) is 12.0 Å². The Morgan fingerprint density at radius 2 is 2.04 bits per heavy atom. The molecule has 1 N–H and O–H groups in total. The lowest BCUT2D eigenvalue weighted by atomic mass is 10.1. The van der Waals surface area contributed by atoms with E-state index in [4.69, 9.17) is 21.1 Å². The zero-order chi connectivity index (χ0) is 18.8. The van der Waals surface area contributed by atoms with Gasteiger partial charge >= 0.3 is 12.1 Å². The highest BCUT2D eigenvalue weighted by atomic mass is 35.5. The van der Waals surface area contributed by atoms with Gasteiger partial charge in [-0.25, -0.2) is 9.59 Å². The lowest BCUT2D eigenvalue weighted by Gasteiger charge is -2.26. The van der Waals surface area contributed by atoms with Gasteiger partial charge in [0.25, 0.3) is 0 Å². The van der Waals surface area contributed by atoms with Crippen molar-refractivity contribution in [3.63, 3.8) is 0 Å². The number of likely N-dealkylation sites (tertiary alicyclic amines) is 1. The van der Waals surface area contributed by atoms with Crippen molar-refractivity contribution in [2.45, 2.75) is 58.3 Å². The first-order chi connectivity index (χ1) is 11.6. The highest BCUT2D eigenvalue weighted by Gasteiger charge is 2.42. The van der Waals surface area contributed by atoms with E-state index in [9.17, 15) is 14.7 Å². The Balaban J connectivity index is 2.11. The molecule has 0 spiro atoms. The topological polar surface area (TPSA) is 76.1 Å². The van der Waals surface area contributed by atoms with Gasteiger partial charge in [0.15, 0.2) is 0 Å². The number of nitrogens with zero attached hydrogens (tertiary/aromatic N) is 1. The van der Waals surface area contributed by atoms with E-state index in [0.29, 0.717) is 10.8 Å². The first kappa shape index (κ1) is 19.4. The van der Waals surface area contributed by atoms with Crippen molar-refractivity contribution in [2.75, 3.05) is 6.54 Å². The van der Waals surface area contributed by atoms with Crippen molar-refractivity contribution in [3.05, 3.63) is 28.8 Å². The number of hydrogen-bond acceptors (Lipinski definition) is 4. The van der Waals surface area contributed by atoms with Gasteiger partial charge in [0.1, 0.15) is 23.5 Å². The van der Waals surface area contributed by atoms with Crippen LogP contribution in [-0.2, 0) is 16.0 Å². The van der Waals surface area contributed by atoms with Crippen molar-refractivity contribution in [3.8, 4) is 5.75 Å². The van der Waals surface area contributed by atoms with Crippen LogP contribution in [0.25, 0.3) is 0 Å². The lowest BCUT2D eigenvalue weighted by Crippen LogP contribution is -2.43. The van der Waals surface area contributed by atoms with Crippen LogP contribution in [0.3, 0.4) is 0 Å². The Labute approximate surface area is 152 Å². The van der Waals surface area contributed by atoms with Crippen LogP contribution in [-0.4, -0.2) is 46.4 Å². The number of rotatable bonds is 4. The molecule has 2 rings (SSSR count). The van der Waals surface area contributed by atoms with Crippen molar-refractivity contribution in [1.29, 1.82) is 0 Å². The highest BCUT2D eigenvalue weighted by molar-refractivity contribution is 6.31. The fraction of sp³-hybridized carbons (Fsp3) is 0.556. The maximum Gasteiger partial charge on any atom is 0.411 e. The van der Waals surface area contributed by atoms with E-state index in [2.05, 4.69) is 0 Å². The number of aryl methyl sites for hydroxylation is 1. The van der Waals surface area contributed by atoms with Crippen LogP contribution in [0.2, 0.25) is 5.02 Å². The lowest BCUT2D eigenvalue weighted by molar-refractivity contribution is -0.142. The fourth-order valence-corrected chi connectivity index (χ4v) is 2.98. The van der Waals surface area contributed by atoms with Crippen LogP contribution < -0.4 is 4.74 Å². The van der Waals surface area contributed by atoms with E-state index in [-0.39, 0.29) is 13.0 Å². The van der Waals surface area contributed by atoms with Gasteiger partial charge in [0, 0.05) is 11.4 Å². The molecule has 1 aromatic carbocycles. The molecule has 0 saturated carbocycles. The molecule has 0 radical (unpaired) electrons. The molecule has 1 heterocycles. The standard InChI is InChI=1S/C18H24ClNO5/c1-5-11-8-12(6-7-14(11)19)24-13-9-15(16(21)22)20(10-13)17(23)25-18(2,3)4/h6-8,13,15H,5,9-10H2,1-4H3,(H,21,22)/t13-,15-/m1/s1. The Morgan fingerprint density at radius 1 is 1.36 bits per heavy atom. The Morgan fingerprint density at radius 3 is 2.60 bits per heavy atom. The molecular weight excluding hydrogens is 346 g/mol. The summed E-state index contributed by atoms with van der Waals surface area (Å²) in [5, 5.41) is 10.1. The summed E-state index contributed by atoms with van der Waals surface area (Å²) in [5.74, 6) is -0.455. The van der Waals surface area contributed by atoms with Gasteiger partial charge in [-0.1, -0.05) is 18.5 Å². The Kier molecular flexibility index (Phi) is 5.83. The van der Waals surface area contributed by atoms with Crippen molar-refractivity contribution >= 4 is 23.7 Å². The number of carbonyl (C=O) groups excluding carboxylic acids is 1. The molecule has 7 heteroatoms. The maximum atomic E-state index is 12.3. The third-order valence-electron chi connectivity index (χ3n) is 3.88. The average molecular weight is 370 g/mol. The SMILES string of the molecule is CCc1cc(O[C@@H]2C[C@H](C(=O)O)N(C(=O)OC(C)(C)C)C2)ccc1Cl. The number of aliphatic carboxylic acids is 1. The fourth-order valence-electron chi connectivity index (χ4n) is 2.73. The third kappa shape index (κ3) is 5.01. The van der Waals surface area contributed by atoms with E-state index in [1.54, 1.807) is 32.9 Å². The summed E-state index contributed by atoms with van der Waals surface area (Å²) in [5.41, 5.74) is 0.265. The Bertz CT molecular complexity index is 655. The number of carbonyl (C=O) groups is 2. The summed E-state index contributed by atoms with van der Waals surface area (Å²) in [6.07, 6.45) is -0.0860. The molecule has 2 atom stereocenters. The molecule has 1 aliphatic heterocycles. The summed E-state index contributed by atoms with van der Waals surface area (Å²) in [7, 11) is 0. The first-order valence-electron chi connectivity index (χ1n) is 8.28. The minimum Gasteiger partial charge on any atom is -0.488 e. The van der Waals surface area contributed by atoms with E-state index < -0.39 is 29.8 Å². The predicted molar refractivity (Wildman–Crippen MR) is 94.2 cm³/mol. The summed E-state index contributed by atoms with van der Waals surface area (Å²) in [6.45, 7) is 7.38. The van der Waals surface area contributed by atoms with Crippen molar-refractivity contribution in [2.24, 2.45) is 0 Å². The van der Waals surface area contributed by atoms with Gasteiger partial charge in [-0.2, -0.15) is 0 Å². The molecule has 6 nitrogen and oxygen atoms in total. The minimum atomic E-state index is -1.07. The summed E-state index contributed by atoms with van der Waals surface area (Å²) in [6, 6.07) is 4.38. The molecule has 1 fully saturated rings. The summed E-state index contributed by atoms with van der Waals surface area (Å²) < 4.78 is 11.2. The summed E-state index contributed by atoms with van der Waals surface area (Å²) in [4.78, 5) is 25.0. The normalized spacial score (nSPS) is 20.4. The van der Waals surface area contributed by atoms with Crippen LogP contribution >= 0.6 is 11.6 Å². The molecule has 1 amide bonds. The Hall–Kier alpha value is -1.95. The monoisotopic (exact) mass is 369 g/mol. The van der Waals surface area contributed by atoms with Crippen LogP contribution in [0.15, 0.2) is 18.2 Å². The van der Waals surface area contributed by atoms with Gasteiger partial charge in [-0.05, 0) is 51.0 Å². The molecule has 0 aromatic heterocycles. The molecule has 1 saturated heterocycles. The molecule has 1 aliphatic rings. The van der Waals surface area contributed by atoms with Crippen LogP contribution in [0.5, 0.6) is 5.75 Å². The second-order valence-corrected chi connectivity index (χ2v) is 7.48. The third-order valence-corrected chi connectivity index (χ3v) is 4.25. The number of benzene rings is 1. The number of amides is 1. The zero-order valence-electron chi connectivity index (χ0n) is 14.9. The van der Waals surface area contributed by atoms with Gasteiger partial charge in [0.05, 0.1) is 6.54 Å². The largest absolute Gasteiger partial charge is 0.488 e. The van der Waals surface area contributed by atoms with Crippen molar-refractivity contribution in [1.82, 2.24) is 4.90 Å². The second kappa shape index (κ2) is 7.52. The smallest absolute Gasteiger partial charge is 0.411 e. The minimum absolute atomic E-state index is 0.163. The molecular formula is C18H24ClNO5. The number of ether oxygens (including phenoxy) is 2. The first-order valence-corrected chi connectivity index (χ1v) is 8.66. The van der Waals surface area contributed by atoms with Crippen molar-refractivity contribution < 1.29 is 24.2 Å². The molecule has 1 aromatic rings. The van der Waals surface area contributed by atoms with E-state index >= 15 is 0 Å². The van der Waals surface area contributed by atoms with Crippen LogP contribution in [0.4, 0.5) is 4.79 Å². The van der Waals surface area contributed by atoms with Gasteiger partial charge in [-0.3, -0.25) is 4.90 Å². The number of hydrogen-bond donors (Lipinski definition) is 1. The molecule has 0 bridgehead atoms. The van der Waals surface area contributed by atoms with E-state index in [1.807, 2.05) is 13.0 Å². The van der Waals surface area contributed by atoms with Gasteiger partial charge < -0.3 is 14.6 Å². The van der Waals surface area contributed by atoms with Crippen LogP contribution in [0.1, 0.15) is 39.7 Å². The molecule has 138 valence electrons. The molecule has 0 aliphatic carbocycles. The average Bonchev–Trinajstić information content (AvgIpc) is 2.92. The maximum absolute atomic E-state index is 12.3. The number of halogens is 1. The quantitative estimate of drug-likeness (QED) is 0.874.